The van der Waals surface area contributed by atoms with E-state index in [2.05, 4.69) is 32.5 Å². The molecule has 0 amide bonds. The van der Waals surface area contributed by atoms with Crippen molar-refractivity contribution in [1.82, 2.24) is 20.6 Å². The Labute approximate surface area is 195 Å². The molecular weight excluding hydrogens is 497 g/mol. The number of aryl methyl sites for hydroxylation is 1. The van der Waals surface area contributed by atoms with Crippen LogP contribution in [0.15, 0.2) is 29.5 Å². The van der Waals surface area contributed by atoms with Crippen molar-refractivity contribution in [2.45, 2.75) is 64.5 Å². The molecule has 0 saturated heterocycles. The molecule has 29 heavy (non-hydrogen) atoms. The highest BCUT2D eigenvalue weighted by Gasteiger charge is 2.15. The molecule has 0 atom stereocenters. The van der Waals surface area contributed by atoms with Crippen LogP contribution < -0.4 is 15.4 Å². The van der Waals surface area contributed by atoms with E-state index in [1.807, 2.05) is 24.5 Å². The molecule has 1 aliphatic rings. The molecule has 0 aromatic carbocycles. The zero-order valence-electron chi connectivity index (χ0n) is 17.3. The van der Waals surface area contributed by atoms with Crippen LogP contribution in [0.5, 0.6) is 5.88 Å². The van der Waals surface area contributed by atoms with E-state index in [4.69, 9.17) is 4.74 Å². The van der Waals surface area contributed by atoms with Gasteiger partial charge in [0.25, 0.3) is 0 Å². The number of aliphatic imine (C=N–C) groups is 1. The Morgan fingerprint density at radius 1 is 1.24 bits per heavy atom. The molecule has 0 bridgehead atoms. The highest BCUT2D eigenvalue weighted by Crippen LogP contribution is 2.22. The summed E-state index contributed by atoms with van der Waals surface area (Å²) in [5.41, 5.74) is 1.14. The van der Waals surface area contributed by atoms with E-state index < -0.39 is 0 Å². The number of ether oxygens (including phenoxy) is 1. The number of halogens is 1. The summed E-state index contributed by atoms with van der Waals surface area (Å²) in [7, 11) is 1.79. The molecule has 2 aromatic rings. The molecule has 0 radical (unpaired) electrons. The standard InChI is InChI=1S/C21H31N5OS.HI/c1-3-18-15-25-20(28-18)10-12-24-21(22-2)26-14-16-9-11-23-19(13-16)27-17-7-5-4-6-8-17;/h9,11,13,15,17H,3-8,10,12,14H2,1-2H3,(H2,22,24,26);1H. The van der Waals surface area contributed by atoms with Crippen molar-refractivity contribution in [2.75, 3.05) is 13.6 Å². The zero-order chi connectivity index (χ0) is 19.6. The fourth-order valence-corrected chi connectivity index (χ4v) is 4.16. The van der Waals surface area contributed by atoms with Gasteiger partial charge in [-0.15, -0.1) is 35.3 Å². The summed E-state index contributed by atoms with van der Waals surface area (Å²) in [5.74, 6) is 1.52. The van der Waals surface area contributed by atoms with Gasteiger partial charge < -0.3 is 15.4 Å². The van der Waals surface area contributed by atoms with Crippen LogP contribution in [-0.2, 0) is 19.4 Å². The van der Waals surface area contributed by atoms with E-state index in [0.29, 0.717) is 12.6 Å². The molecule has 8 heteroatoms. The third-order valence-corrected chi connectivity index (χ3v) is 6.11. The number of hydrogen-bond donors (Lipinski definition) is 2. The highest BCUT2D eigenvalue weighted by atomic mass is 127. The molecular formula is C21H32IN5OS. The monoisotopic (exact) mass is 529 g/mol. The molecule has 0 unspecified atom stereocenters. The summed E-state index contributed by atoms with van der Waals surface area (Å²) in [6.07, 6.45) is 12.2. The number of aromatic nitrogens is 2. The summed E-state index contributed by atoms with van der Waals surface area (Å²) in [6, 6.07) is 4.03. The predicted octanol–water partition coefficient (Wildman–Crippen LogP) is 4.34. The molecule has 160 valence electrons. The molecule has 1 fully saturated rings. The fourth-order valence-electron chi connectivity index (χ4n) is 3.30. The van der Waals surface area contributed by atoms with Gasteiger partial charge in [0.15, 0.2) is 5.96 Å². The predicted molar refractivity (Wildman–Crippen MR) is 131 cm³/mol. The topological polar surface area (TPSA) is 71.4 Å². The van der Waals surface area contributed by atoms with Crippen molar-refractivity contribution in [3.8, 4) is 5.88 Å². The first kappa shape index (κ1) is 23.9. The minimum Gasteiger partial charge on any atom is -0.474 e. The van der Waals surface area contributed by atoms with Crippen LogP contribution in [0.25, 0.3) is 0 Å². The average molecular weight is 529 g/mol. The van der Waals surface area contributed by atoms with Gasteiger partial charge >= 0.3 is 0 Å². The van der Waals surface area contributed by atoms with Crippen LogP contribution in [0.1, 0.15) is 54.5 Å². The van der Waals surface area contributed by atoms with Crippen LogP contribution in [0.2, 0.25) is 0 Å². The van der Waals surface area contributed by atoms with Gasteiger partial charge in [0.05, 0.1) is 5.01 Å². The van der Waals surface area contributed by atoms with Crippen molar-refractivity contribution in [3.05, 3.63) is 40.0 Å². The minimum absolute atomic E-state index is 0. The van der Waals surface area contributed by atoms with Crippen molar-refractivity contribution in [2.24, 2.45) is 4.99 Å². The lowest BCUT2D eigenvalue weighted by Crippen LogP contribution is -2.37. The Hall–Kier alpha value is -1.42. The van der Waals surface area contributed by atoms with Gasteiger partial charge in [-0.2, -0.15) is 0 Å². The molecule has 6 nitrogen and oxygen atoms in total. The smallest absolute Gasteiger partial charge is 0.213 e. The quantitative estimate of drug-likeness (QED) is 0.303. The van der Waals surface area contributed by atoms with Gasteiger partial charge in [0.2, 0.25) is 5.88 Å². The number of nitrogens with one attached hydrogen (secondary N) is 2. The lowest BCUT2D eigenvalue weighted by atomic mass is 9.98. The first-order valence-electron chi connectivity index (χ1n) is 10.3. The van der Waals surface area contributed by atoms with Gasteiger partial charge in [-0.1, -0.05) is 13.3 Å². The van der Waals surface area contributed by atoms with E-state index in [-0.39, 0.29) is 24.0 Å². The maximum Gasteiger partial charge on any atom is 0.213 e. The minimum atomic E-state index is 0. The first-order valence-corrected chi connectivity index (χ1v) is 11.1. The summed E-state index contributed by atoms with van der Waals surface area (Å²) in [5, 5.41) is 7.88. The van der Waals surface area contributed by atoms with Crippen LogP contribution in [0, 0.1) is 0 Å². The third-order valence-electron chi connectivity index (χ3n) is 4.90. The van der Waals surface area contributed by atoms with Crippen molar-refractivity contribution in [1.29, 1.82) is 0 Å². The molecule has 2 N–H and O–H groups in total. The number of pyridine rings is 1. The van der Waals surface area contributed by atoms with Crippen LogP contribution in [0.3, 0.4) is 0 Å². The fraction of sp³-hybridized carbons (Fsp3) is 0.571. The SMILES string of the molecule is CCc1cnc(CCNC(=NC)NCc2ccnc(OC3CCCCC3)c2)s1.I. The third kappa shape index (κ3) is 8.08. The van der Waals surface area contributed by atoms with Crippen molar-refractivity contribution in [3.63, 3.8) is 0 Å². The number of hydrogen-bond acceptors (Lipinski definition) is 5. The van der Waals surface area contributed by atoms with Gasteiger partial charge in [0.1, 0.15) is 6.10 Å². The van der Waals surface area contributed by atoms with Gasteiger partial charge in [-0.05, 0) is 43.7 Å². The maximum absolute atomic E-state index is 6.06. The zero-order valence-corrected chi connectivity index (χ0v) is 20.5. The summed E-state index contributed by atoms with van der Waals surface area (Å²) in [4.78, 5) is 14.5. The Kier molecular flexibility index (Phi) is 10.7. The Balaban J connectivity index is 0.00000300. The largest absolute Gasteiger partial charge is 0.474 e. The summed E-state index contributed by atoms with van der Waals surface area (Å²) in [6.45, 7) is 3.65. The Bertz CT molecular complexity index is 761. The van der Waals surface area contributed by atoms with E-state index in [1.54, 1.807) is 18.4 Å². The lowest BCUT2D eigenvalue weighted by molar-refractivity contribution is 0.148. The second-order valence-corrected chi connectivity index (χ2v) is 8.26. The van der Waals surface area contributed by atoms with Gasteiger partial charge in [-0.25, -0.2) is 9.97 Å². The molecule has 1 saturated carbocycles. The summed E-state index contributed by atoms with van der Waals surface area (Å²) >= 11 is 1.79. The summed E-state index contributed by atoms with van der Waals surface area (Å²) < 4.78 is 6.06. The van der Waals surface area contributed by atoms with E-state index in [1.165, 1.54) is 29.1 Å². The van der Waals surface area contributed by atoms with Crippen LogP contribution in [-0.4, -0.2) is 35.6 Å². The van der Waals surface area contributed by atoms with Crippen LogP contribution >= 0.6 is 35.3 Å². The molecule has 2 heterocycles. The molecule has 0 spiro atoms. The second-order valence-electron chi connectivity index (χ2n) is 7.06. The molecule has 0 aliphatic heterocycles. The van der Waals surface area contributed by atoms with Crippen molar-refractivity contribution >= 4 is 41.3 Å². The van der Waals surface area contributed by atoms with E-state index in [0.717, 1.165) is 49.6 Å². The Morgan fingerprint density at radius 3 is 2.79 bits per heavy atom. The van der Waals surface area contributed by atoms with Crippen molar-refractivity contribution < 1.29 is 4.74 Å². The van der Waals surface area contributed by atoms with Gasteiger partial charge in [-0.3, -0.25) is 4.99 Å². The van der Waals surface area contributed by atoms with Gasteiger partial charge in [0, 0.05) is 49.9 Å². The first-order chi connectivity index (χ1) is 13.8. The van der Waals surface area contributed by atoms with E-state index >= 15 is 0 Å². The number of guanidine groups is 1. The number of rotatable bonds is 8. The maximum atomic E-state index is 6.06. The molecule has 3 rings (SSSR count). The van der Waals surface area contributed by atoms with E-state index in [9.17, 15) is 0 Å². The number of nitrogens with zero attached hydrogens (tertiary/aromatic N) is 3. The normalized spacial score (nSPS) is 14.9. The highest BCUT2D eigenvalue weighted by molar-refractivity contribution is 14.0. The number of thiazole rings is 1. The molecule has 2 aromatic heterocycles. The lowest BCUT2D eigenvalue weighted by Gasteiger charge is -2.22. The second kappa shape index (κ2) is 13.0. The van der Waals surface area contributed by atoms with Crippen LogP contribution in [0.4, 0.5) is 0 Å². The molecule has 1 aliphatic carbocycles. The average Bonchev–Trinajstić information content (AvgIpc) is 3.19. The Morgan fingerprint density at radius 2 is 2.07 bits per heavy atom.